The molecule has 2 rings (SSSR count). The molecule has 0 bridgehead atoms. The molecule has 0 radical (unpaired) electrons. The number of likely N-dealkylation sites (tertiary alicyclic amines) is 1. The van der Waals surface area contributed by atoms with Crippen molar-refractivity contribution < 1.29 is 23.8 Å². The van der Waals surface area contributed by atoms with Crippen molar-refractivity contribution in [2.75, 3.05) is 40.5 Å². The van der Waals surface area contributed by atoms with Crippen molar-refractivity contribution in [1.29, 1.82) is 5.26 Å². The van der Waals surface area contributed by atoms with E-state index in [9.17, 15) is 14.9 Å². The van der Waals surface area contributed by atoms with E-state index in [4.69, 9.17) is 14.2 Å². The first-order valence-corrected chi connectivity index (χ1v) is 10.3. The molecule has 0 atom stereocenters. The highest BCUT2D eigenvalue weighted by atomic mass is 16.6. The molecule has 1 heterocycles. The first-order valence-electron chi connectivity index (χ1n) is 10.3. The molecule has 1 fully saturated rings. The third kappa shape index (κ3) is 7.10. The molecule has 168 valence electrons. The molecule has 2 N–H and O–H groups in total. The molecule has 1 aliphatic heterocycles. The largest absolute Gasteiger partial charge is 0.493 e. The molecule has 31 heavy (non-hydrogen) atoms. The normalized spacial score (nSPS) is 14.4. The second kappa shape index (κ2) is 12.3. The zero-order valence-corrected chi connectivity index (χ0v) is 18.3. The summed E-state index contributed by atoms with van der Waals surface area (Å²) in [6, 6.07) is 7.60. The van der Waals surface area contributed by atoms with Crippen LogP contribution in [0, 0.1) is 11.3 Å². The zero-order valence-electron chi connectivity index (χ0n) is 18.3. The Labute approximate surface area is 182 Å². The number of nitrogens with one attached hydrogen (secondary N) is 2. The van der Waals surface area contributed by atoms with Gasteiger partial charge in [0.2, 0.25) is 0 Å². The van der Waals surface area contributed by atoms with Crippen LogP contribution in [0.15, 0.2) is 30.0 Å². The van der Waals surface area contributed by atoms with E-state index >= 15 is 0 Å². The summed E-state index contributed by atoms with van der Waals surface area (Å²) in [5.41, 5.74) is 0.993. The molecular weight excluding hydrogens is 400 g/mol. The first kappa shape index (κ1) is 23.9. The molecule has 0 spiro atoms. The van der Waals surface area contributed by atoms with Gasteiger partial charge in [-0.05, 0) is 43.9 Å². The molecule has 2 amide bonds. The van der Waals surface area contributed by atoms with Crippen molar-refractivity contribution in [2.24, 2.45) is 0 Å². The van der Waals surface area contributed by atoms with Gasteiger partial charge >= 0.3 is 6.09 Å². The first-order chi connectivity index (χ1) is 15.0. The molecule has 1 aromatic rings. The molecule has 0 unspecified atom stereocenters. The predicted octanol–water partition coefficient (Wildman–Crippen LogP) is 1.98. The third-order valence-electron chi connectivity index (χ3n) is 5.00. The number of carbonyl (C=O) groups is 2. The van der Waals surface area contributed by atoms with Gasteiger partial charge in [-0.15, -0.1) is 0 Å². The van der Waals surface area contributed by atoms with E-state index in [1.165, 1.54) is 6.20 Å². The molecule has 9 nitrogen and oxygen atoms in total. The van der Waals surface area contributed by atoms with Crippen LogP contribution in [0.25, 0.3) is 0 Å². The van der Waals surface area contributed by atoms with Crippen LogP contribution < -0.4 is 20.1 Å². The number of nitriles is 1. The monoisotopic (exact) mass is 430 g/mol. The highest BCUT2D eigenvalue weighted by Crippen LogP contribution is 2.27. The number of nitrogens with zero attached hydrogens (tertiary/aromatic N) is 2. The molecule has 9 heteroatoms. The third-order valence-corrected chi connectivity index (χ3v) is 5.00. The Morgan fingerprint density at radius 1 is 1.23 bits per heavy atom. The molecule has 0 saturated carbocycles. The standard InChI is InChI=1S/C22H30N4O5/c1-4-31-22(28)26-11-8-18(9-12-26)25-15-17(14-23)21(27)24-10-7-16-5-6-19(29-2)20(13-16)30-3/h5-6,13,15,18,25H,4,7-12H2,1-3H3,(H,24,27)/b17-15-. The van der Waals surface area contributed by atoms with Crippen molar-refractivity contribution in [1.82, 2.24) is 15.5 Å². The number of ether oxygens (including phenoxy) is 3. The summed E-state index contributed by atoms with van der Waals surface area (Å²) in [5.74, 6) is 0.839. The Kier molecular flexibility index (Phi) is 9.49. The summed E-state index contributed by atoms with van der Waals surface area (Å²) in [6.45, 7) is 3.66. The van der Waals surface area contributed by atoms with Crippen LogP contribution in [-0.4, -0.2) is 63.4 Å². The number of hydrogen-bond donors (Lipinski definition) is 2. The number of hydrogen-bond acceptors (Lipinski definition) is 7. The van der Waals surface area contributed by atoms with Gasteiger partial charge in [-0.2, -0.15) is 5.26 Å². The maximum atomic E-state index is 12.3. The van der Waals surface area contributed by atoms with E-state index in [1.54, 1.807) is 26.0 Å². The van der Waals surface area contributed by atoms with Crippen LogP contribution in [0.2, 0.25) is 0 Å². The quantitative estimate of drug-likeness (QED) is 0.455. The van der Waals surface area contributed by atoms with Crippen molar-refractivity contribution in [3.8, 4) is 17.6 Å². The average Bonchev–Trinajstić information content (AvgIpc) is 2.79. The van der Waals surface area contributed by atoms with E-state index in [-0.39, 0.29) is 17.7 Å². The minimum atomic E-state index is -0.431. The van der Waals surface area contributed by atoms with Crippen LogP contribution in [0.3, 0.4) is 0 Å². The van der Waals surface area contributed by atoms with E-state index in [1.807, 2.05) is 24.3 Å². The summed E-state index contributed by atoms with van der Waals surface area (Å²) < 4.78 is 15.5. The average molecular weight is 431 g/mol. The Balaban J connectivity index is 1.79. The Morgan fingerprint density at radius 3 is 2.55 bits per heavy atom. The Morgan fingerprint density at radius 2 is 1.94 bits per heavy atom. The van der Waals surface area contributed by atoms with Crippen LogP contribution in [-0.2, 0) is 16.0 Å². The van der Waals surface area contributed by atoms with Gasteiger partial charge < -0.3 is 29.7 Å². The summed E-state index contributed by atoms with van der Waals surface area (Å²) in [6.07, 6.45) is 3.17. The van der Waals surface area contributed by atoms with Gasteiger partial charge in [0.05, 0.1) is 20.8 Å². The molecule has 1 saturated heterocycles. The SMILES string of the molecule is CCOC(=O)N1CCC(N/C=C(/C#N)C(=O)NCCc2ccc(OC)c(OC)c2)CC1. The number of rotatable bonds is 9. The fourth-order valence-electron chi connectivity index (χ4n) is 3.25. The summed E-state index contributed by atoms with van der Waals surface area (Å²) in [5, 5.41) is 15.2. The summed E-state index contributed by atoms with van der Waals surface area (Å²) in [7, 11) is 3.15. The maximum absolute atomic E-state index is 12.3. The number of piperidine rings is 1. The Bertz CT molecular complexity index is 826. The minimum absolute atomic E-state index is 0.0140. The zero-order chi connectivity index (χ0) is 22.6. The van der Waals surface area contributed by atoms with Gasteiger partial charge in [-0.3, -0.25) is 4.79 Å². The number of methoxy groups -OCH3 is 2. The van der Waals surface area contributed by atoms with E-state index < -0.39 is 5.91 Å². The predicted molar refractivity (Wildman–Crippen MR) is 115 cm³/mol. The van der Waals surface area contributed by atoms with Gasteiger partial charge in [0.1, 0.15) is 11.6 Å². The highest BCUT2D eigenvalue weighted by Gasteiger charge is 2.23. The summed E-state index contributed by atoms with van der Waals surface area (Å²) >= 11 is 0. The molecular formula is C22H30N4O5. The second-order valence-corrected chi connectivity index (χ2v) is 6.99. The van der Waals surface area contributed by atoms with Crippen LogP contribution in [0.4, 0.5) is 4.79 Å². The lowest BCUT2D eigenvalue weighted by Gasteiger charge is -2.31. The Hall–Kier alpha value is -3.41. The minimum Gasteiger partial charge on any atom is -0.493 e. The van der Waals surface area contributed by atoms with Gasteiger partial charge in [-0.1, -0.05) is 6.07 Å². The lowest BCUT2D eigenvalue weighted by atomic mass is 10.1. The fourth-order valence-corrected chi connectivity index (χ4v) is 3.25. The lowest BCUT2D eigenvalue weighted by molar-refractivity contribution is -0.117. The summed E-state index contributed by atoms with van der Waals surface area (Å²) in [4.78, 5) is 25.7. The second-order valence-electron chi connectivity index (χ2n) is 6.99. The number of carbonyl (C=O) groups excluding carboxylic acids is 2. The fraction of sp³-hybridized carbons (Fsp3) is 0.500. The smallest absolute Gasteiger partial charge is 0.409 e. The molecule has 1 aliphatic rings. The molecule has 1 aromatic carbocycles. The van der Waals surface area contributed by atoms with Gasteiger partial charge in [0, 0.05) is 31.9 Å². The maximum Gasteiger partial charge on any atom is 0.409 e. The van der Waals surface area contributed by atoms with Gasteiger partial charge in [-0.25, -0.2) is 4.79 Å². The molecule has 0 aromatic heterocycles. The number of amides is 2. The van der Waals surface area contributed by atoms with E-state index in [0.717, 1.165) is 18.4 Å². The van der Waals surface area contributed by atoms with Crippen LogP contribution in [0.5, 0.6) is 11.5 Å². The van der Waals surface area contributed by atoms with E-state index in [2.05, 4.69) is 10.6 Å². The van der Waals surface area contributed by atoms with Gasteiger partial charge in [0.15, 0.2) is 11.5 Å². The van der Waals surface area contributed by atoms with Crippen molar-refractivity contribution in [3.63, 3.8) is 0 Å². The van der Waals surface area contributed by atoms with Crippen LogP contribution >= 0.6 is 0 Å². The van der Waals surface area contributed by atoms with E-state index in [0.29, 0.717) is 44.2 Å². The lowest BCUT2D eigenvalue weighted by Crippen LogP contribution is -2.44. The van der Waals surface area contributed by atoms with Gasteiger partial charge in [0.25, 0.3) is 5.91 Å². The highest BCUT2D eigenvalue weighted by molar-refractivity contribution is 5.97. The molecule has 0 aliphatic carbocycles. The van der Waals surface area contributed by atoms with Crippen molar-refractivity contribution >= 4 is 12.0 Å². The topological polar surface area (TPSA) is 113 Å². The van der Waals surface area contributed by atoms with Crippen molar-refractivity contribution in [2.45, 2.75) is 32.2 Å². The number of benzene rings is 1. The van der Waals surface area contributed by atoms with Crippen molar-refractivity contribution in [3.05, 3.63) is 35.5 Å². The van der Waals surface area contributed by atoms with Crippen LogP contribution in [0.1, 0.15) is 25.3 Å².